The number of thioether (sulfide) groups is 1. The Morgan fingerprint density at radius 2 is 1.85 bits per heavy atom. The molecule has 0 fully saturated rings. The predicted octanol–water partition coefficient (Wildman–Crippen LogP) is 1.82. The van der Waals surface area contributed by atoms with Gasteiger partial charge in [-0.2, -0.15) is 0 Å². The van der Waals surface area contributed by atoms with Crippen LogP contribution in [0.5, 0.6) is 0 Å². The Hall–Kier alpha value is -1.00. The Morgan fingerprint density at radius 3 is 2.23 bits per heavy atom. The summed E-state index contributed by atoms with van der Waals surface area (Å²) in [5.41, 5.74) is 0. The van der Waals surface area contributed by atoms with Crippen LogP contribution in [0.3, 0.4) is 0 Å². The maximum atomic E-state index is 9.00. The van der Waals surface area contributed by atoms with E-state index in [1.165, 1.54) is 11.8 Å². The number of benzene rings is 1. The Bertz CT molecular complexity index is 232. The minimum atomic E-state index is -0.833. The van der Waals surface area contributed by atoms with Crippen LogP contribution in [-0.4, -0.2) is 22.1 Å². The van der Waals surface area contributed by atoms with Crippen LogP contribution in [0.15, 0.2) is 35.2 Å². The Labute approximate surface area is 81.4 Å². The number of carboxylic acid groups (broad SMARTS) is 1. The highest BCUT2D eigenvalue weighted by molar-refractivity contribution is 7.99. The second kappa shape index (κ2) is 7.64. The molecule has 4 heteroatoms. The van der Waals surface area contributed by atoms with Crippen molar-refractivity contribution in [1.29, 1.82) is 0 Å². The molecule has 2 N–H and O–H groups in total. The van der Waals surface area contributed by atoms with E-state index in [0.717, 1.165) is 11.8 Å². The first-order valence-corrected chi connectivity index (χ1v) is 4.63. The number of aliphatic hydroxyl groups excluding tert-OH is 1. The topological polar surface area (TPSA) is 57.5 Å². The molecule has 0 aromatic heterocycles. The van der Waals surface area contributed by atoms with Crippen molar-refractivity contribution < 1.29 is 15.0 Å². The minimum Gasteiger partial charge on any atom is -0.481 e. The smallest absolute Gasteiger partial charge is 0.300 e. The van der Waals surface area contributed by atoms with E-state index in [1.54, 1.807) is 0 Å². The number of carboxylic acids is 1. The van der Waals surface area contributed by atoms with Crippen molar-refractivity contribution in [2.24, 2.45) is 0 Å². The molecule has 0 bridgehead atoms. The van der Waals surface area contributed by atoms with Gasteiger partial charge in [-0.25, -0.2) is 0 Å². The van der Waals surface area contributed by atoms with Crippen LogP contribution in [0.2, 0.25) is 0 Å². The van der Waals surface area contributed by atoms with Gasteiger partial charge in [-0.1, -0.05) is 30.0 Å². The molecule has 1 aromatic rings. The zero-order chi connectivity index (χ0) is 10.1. The van der Waals surface area contributed by atoms with Crippen LogP contribution in [0, 0.1) is 0 Å². The minimum absolute atomic E-state index is 0.157. The number of rotatable bonds is 2. The van der Waals surface area contributed by atoms with Gasteiger partial charge in [0.05, 0.1) is 5.94 Å². The van der Waals surface area contributed by atoms with Gasteiger partial charge >= 0.3 is 0 Å². The van der Waals surface area contributed by atoms with E-state index in [-0.39, 0.29) is 5.94 Å². The number of aliphatic hydroxyl groups is 1. The molecule has 0 saturated heterocycles. The van der Waals surface area contributed by atoms with Crippen LogP contribution >= 0.6 is 11.8 Å². The van der Waals surface area contributed by atoms with Gasteiger partial charge in [0.1, 0.15) is 0 Å². The molecule has 1 rings (SSSR count). The van der Waals surface area contributed by atoms with Crippen molar-refractivity contribution in [1.82, 2.24) is 0 Å². The molecule has 0 aliphatic carbocycles. The molecule has 0 radical (unpaired) electrons. The van der Waals surface area contributed by atoms with Gasteiger partial charge in [-0.15, -0.1) is 0 Å². The fraction of sp³-hybridized carbons (Fsp3) is 0.222. The highest BCUT2D eigenvalue weighted by Crippen LogP contribution is 2.14. The standard InChI is InChI=1S/C7H8OS.C2H4O2/c8-6-9-7-4-2-1-3-5-7;1-2(3)4/h1-5,8H,6H2;1H3,(H,3,4). The lowest BCUT2D eigenvalue weighted by molar-refractivity contribution is -0.134. The molecule has 0 amide bonds. The van der Waals surface area contributed by atoms with E-state index in [4.69, 9.17) is 15.0 Å². The summed E-state index contributed by atoms with van der Waals surface area (Å²) in [6.45, 7) is 1.08. The van der Waals surface area contributed by atoms with E-state index in [2.05, 4.69) is 0 Å². The van der Waals surface area contributed by atoms with Gasteiger partial charge in [0.15, 0.2) is 0 Å². The predicted molar refractivity (Wildman–Crippen MR) is 52.7 cm³/mol. The quantitative estimate of drug-likeness (QED) is 0.564. The molecule has 0 spiro atoms. The van der Waals surface area contributed by atoms with E-state index in [9.17, 15) is 0 Å². The summed E-state index contributed by atoms with van der Waals surface area (Å²) >= 11 is 1.43. The molecular formula is C9H12O3S. The molecular weight excluding hydrogens is 188 g/mol. The first kappa shape index (κ1) is 12.0. The lowest BCUT2D eigenvalue weighted by Crippen LogP contribution is -1.78. The number of carbonyl (C=O) groups is 1. The zero-order valence-electron chi connectivity index (χ0n) is 7.30. The highest BCUT2D eigenvalue weighted by atomic mass is 32.2. The van der Waals surface area contributed by atoms with Crippen LogP contribution in [0.4, 0.5) is 0 Å². The van der Waals surface area contributed by atoms with Crippen molar-refractivity contribution in [3.8, 4) is 0 Å². The van der Waals surface area contributed by atoms with Gasteiger partial charge in [0.2, 0.25) is 0 Å². The molecule has 0 atom stereocenters. The first-order chi connectivity index (χ1) is 6.16. The largest absolute Gasteiger partial charge is 0.481 e. The van der Waals surface area contributed by atoms with Crippen molar-refractivity contribution in [2.45, 2.75) is 11.8 Å². The number of aliphatic carboxylic acids is 1. The fourth-order valence-corrected chi connectivity index (χ4v) is 1.09. The molecule has 0 saturated carbocycles. The van der Waals surface area contributed by atoms with Crippen molar-refractivity contribution in [3.63, 3.8) is 0 Å². The highest BCUT2D eigenvalue weighted by Gasteiger charge is 1.85. The molecule has 1 aromatic carbocycles. The van der Waals surface area contributed by atoms with Gasteiger partial charge in [-0.3, -0.25) is 4.79 Å². The molecule has 72 valence electrons. The number of hydrogen-bond donors (Lipinski definition) is 2. The summed E-state index contributed by atoms with van der Waals surface area (Å²) in [6, 6.07) is 9.82. The van der Waals surface area contributed by atoms with Gasteiger partial charge in [-0.05, 0) is 12.1 Å². The summed E-state index contributed by atoms with van der Waals surface area (Å²) in [5.74, 6) is -0.677. The number of hydrogen-bond acceptors (Lipinski definition) is 3. The molecule has 0 aliphatic rings. The lowest BCUT2D eigenvalue weighted by Gasteiger charge is -1.93. The zero-order valence-corrected chi connectivity index (χ0v) is 8.12. The van der Waals surface area contributed by atoms with E-state index in [0.29, 0.717) is 0 Å². The third kappa shape index (κ3) is 8.91. The maximum Gasteiger partial charge on any atom is 0.300 e. The van der Waals surface area contributed by atoms with E-state index >= 15 is 0 Å². The van der Waals surface area contributed by atoms with Crippen molar-refractivity contribution >= 4 is 17.7 Å². The summed E-state index contributed by atoms with van der Waals surface area (Å²) in [4.78, 5) is 10.1. The molecule has 0 heterocycles. The van der Waals surface area contributed by atoms with Crippen molar-refractivity contribution in [3.05, 3.63) is 30.3 Å². The summed E-state index contributed by atoms with van der Waals surface area (Å²) < 4.78 is 0. The van der Waals surface area contributed by atoms with Crippen LogP contribution in [0.1, 0.15) is 6.92 Å². The summed E-state index contributed by atoms with van der Waals surface area (Å²) in [6.07, 6.45) is 0. The third-order valence-corrected chi connectivity index (χ3v) is 1.71. The second-order valence-corrected chi connectivity index (χ2v) is 3.12. The van der Waals surface area contributed by atoms with Crippen LogP contribution in [-0.2, 0) is 4.79 Å². The molecule has 3 nitrogen and oxygen atoms in total. The fourth-order valence-electron chi connectivity index (χ4n) is 0.591. The summed E-state index contributed by atoms with van der Waals surface area (Å²) in [5, 5.41) is 15.9. The molecule has 0 aliphatic heterocycles. The second-order valence-electron chi connectivity index (χ2n) is 2.11. The lowest BCUT2D eigenvalue weighted by atomic mass is 10.4. The first-order valence-electron chi connectivity index (χ1n) is 3.65. The van der Waals surface area contributed by atoms with Gasteiger partial charge in [0, 0.05) is 11.8 Å². The Kier molecular flexibility index (Phi) is 7.05. The van der Waals surface area contributed by atoms with E-state index < -0.39 is 5.97 Å². The van der Waals surface area contributed by atoms with Gasteiger partial charge < -0.3 is 10.2 Å². The third-order valence-electron chi connectivity index (χ3n) is 0.974. The molecule has 13 heavy (non-hydrogen) atoms. The van der Waals surface area contributed by atoms with Crippen LogP contribution < -0.4 is 0 Å². The SMILES string of the molecule is CC(=O)O.OCSc1ccccc1. The summed E-state index contributed by atoms with van der Waals surface area (Å²) in [7, 11) is 0. The van der Waals surface area contributed by atoms with Gasteiger partial charge in [0.25, 0.3) is 5.97 Å². The maximum absolute atomic E-state index is 9.00. The average Bonchev–Trinajstić information content (AvgIpc) is 2.06. The molecule has 0 unspecified atom stereocenters. The van der Waals surface area contributed by atoms with Crippen LogP contribution in [0.25, 0.3) is 0 Å². The average molecular weight is 200 g/mol. The Balaban J connectivity index is 0.000000310. The van der Waals surface area contributed by atoms with Crippen molar-refractivity contribution in [2.75, 3.05) is 5.94 Å². The monoisotopic (exact) mass is 200 g/mol. The normalized spacial score (nSPS) is 8.46. The Morgan fingerprint density at radius 1 is 1.38 bits per heavy atom. The van der Waals surface area contributed by atoms with E-state index in [1.807, 2.05) is 30.3 Å².